The van der Waals surface area contributed by atoms with Gasteiger partial charge >= 0.3 is 0 Å². The Morgan fingerprint density at radius 1 is 1.33 bits per heavy atom. The maximum absolute atomic E-state index is 12.7. The number of anilines is 1. The molecule has 0 radical (unpaired) electrons. The number of furan rings is 1. The zero-order valence-corrected chi connectivity index (χ0v) is 12.2. The third-order valence-electron chi connectivity index (χ3n) is 3.99. The Morgan fingerprint density at radius 2 is 2.19 bits per heavy atom. The second-order valence-corrected chi connectivity index (χ2v) is 5.37. The second kappa shape index (κ2) is 6.04. The van der Waals surface area contributed by atoms with Crippen molar-refractivity contribution < 1.29 is 9.21 Å². The van der Waals surface area contributed by atoms with Crippen molar-refractivity contribution in [2.75, 3.05) is 18.4 Å². The summed E-state index contributed by atoms with van der Waals surface area (Å²) in [4.78, 5) is 14.6. The number of amides is 1. The molecular weight excluding hydrogens is 264 g/mol. The Kier molecular flexibility index (Phi) is 3.95. The Morgan fingerprint density at radius 3 is 2.95 bits per heavy atom. The summed E-state index contributed by atoms with van der Waals surface area (Å²) in [5.41, 5.74) is 2.37. The molecule has 4 heteroatoms. The topological polar surface area (TPSA) is 45.5 Å². The van der Waals surface area contributed by atoms with Gasteiger partial charge in [-0.1, -0.05) is 18.2 Å². The lowest BCUT2D eigenvalue weighted by Gasteiger charge is -2.30. The first-order valence-corrected chi connectivity index (χ1v) is 7.41. The highest BCUT2D eigenvalue weighted by molar-refractivity contribution is 5.81. The van der Waals surface area contributed by atoms with Crippen molar-refractivity contribution in [1.29, 1.82) is 0 Å². The van der Waals surface area contributed by atoms with Gasteiger partial charge in [-0.3, -0.25) is 4.79 Å². The summed E-state index contributed by atoms with van der Waals surface area (Å²) in [7, 11) is 0. The van der Waals surface area contributed by atoms with Gasteiger partial charge < -0.3 is 14.6 Å². The first kappa shape index (κ1) is 13.7. The van der Waals surface area contributed by atoms with Crippen LogP contribution in [0.3, 0.4) is 0 Å². The molecule has 1 atom stereocenters. The molecule has 2 aromatic rings. The van der Waals surface area contributed by atoms with E-state index >= 15 is 0 Å². The second-order valence-electron chi connectivity index (χ2n) is 5.37. The van der Waals surface area contributed by atoms with Gasteiger partial charge in [0.05, 0.1) is 18.7 Å². The molecule has 0 spiro atoms. The molecule has 21 heavy (non-hydrogen) atoms. The number of nitrogens with zero attached hydrogens (tertiary/aromatic N) is 1. The van der Waals surface area contributed by atoms with E-state index in [0.717, 1.165) is 17.9 Å². The van der Waals surface area contributed by atoms with Gasteiger partial charge in [0.15, 0.2) is 0 Å². The molecule has 1 aliphatic heterocycles. The summed E-state index contributed by atoms with van der Waals surface area (Å²) in [5.74, 6) is 1.01. The Balaban J connectivity index is 1.70. The molecule has 1 aromatic heterocycles. The number of para-hydroxylation sites is 1. The van der Waals surface area contributed by atoms with Crippen LogP contribution >= 0.6 is 0 Å². The average Bonchev–Trinajstić information content (AvgIpc) is 3.04. The molecule has 0 saturated heterocycles. The molecule has 1 aliphatic rings. The van der Waals surface area contributed by atoms with Crippen molar-refractivity contribution in [1.82, 2.24) is 4.90 Å². The molecule has 4 nitrogen and oxygen atoms in total. The van der Waals surface area contributed by atoms with Crippen molar-refractivity contribution in [3.05, 3.63) is 54.0 Å². The van der Waals surface area contributed by atoms with E-state index in [1.807, 2.05) is 36.1 Å². The van der Waals surface area contributed by atoms with E-state index in [9.17, 15) is 4.79 Å². The van der Waals surface area contributed by atoms with Gasteiger partial charge in [-0.2, -0.15) is 0 Å². The van der Waals surface area contributed by atoms with Crippen molar-refractivity contribution in [2.45, 2.75) is 19.9 Å². The van der Waals surface area contributed by atoms with Gasteiger partial charge in [-0.05, 0) is 37.1 Å². The molecular formula is C17H20N2O2. The van der Waals surface area contributed by atoms with Gasteiger partial charge in [-0.25, -0.2) is 0 Å². The molecule has 1 aromatic carbocycles. The molecule has 2 heterocycles. The number of nitrogens with one attached hydrogen (secondary N) is 1. The summed E-state index contributed by atoms with van der Waals surface area (Å²) in [6.45, 7) is 3.94. The zero-order valence-electron chi connectivity index (χ0n) is 12.2. The highest BCUT2D eigenvalue weighted by Gasteiger charge is 2.27. The van der Waals surface area contributed by atoms with E-state index in [-0.39, 0.29) is 11.8 Å². The van der Waals surface area contributed by atoms with Crippen LogP contribution in [0.25, 0.3) is 0 Å². The number of carbonyl (C=O) groups excluding carboxylic acids is 1. The monoisotopic (exact) mass is 284 g/mol. The van der Waals surface area contributed by atoms with Gasteiger partial charge in [0.25, 0.3) is 0 Å². The number of hydrogen-bond acceptors (Lipinski definition) is 3. The molecule has 3 rings (SSSR count). The zero-order chi connectivity index (χ0) is 14.7. The van der Waals surface area contributed by atoms with E-state index < -0.39 is 0 Å². The lowest BCUT2D eigenvalue weighted by atomic mass is 9.93. The summed E-state index contributed by atoms with van der Waals surface area (Å²) in [6, 6.07) is 12.0. The quantitative estimate of drug-likeness (QED) is 0.939. The van der Waals surface area contributed by atoms with E-state index in [2.05, 4.69) is 17.4 Å². The van der Waals surface area contributed by atoms with Crippen LogP contribution in [0.1, 0.15) is 18.2 Å². The minimum atomic E-state index is -0.00480. The summed E-state index contributed by atoms with van der Waals surface area (Å²) in [6.07, 6.45) is 2.45. The largest absolute Gasteiger partial charge is 0.467 e. The summed E-state index contributed by atoms with van der Waals surface area (Å²) < 4.78 is 5.35. The van der Waals surface area contributed by atoms with Gasteiger partial charge in [-0.15, -0.1) is 0 Å². The molecule has 0 bridgehead atoms. The van der Waals surface area contributed by atoms with Crippen LogP contribution in [0.4, 0.5) is 5.69 Å². The molecule has 0 saturated carbocycles. The van der Waals surface area contributed by atoms with E-state index in [1.165, 1.54) is 5.56 Å². The number of fused-ring (bicyclic) bond motifs is 1. The Labute approximate surface area is 124 Å². The number of benzene rings is 1. The average molecular weight is 284 g/mol. The smallest absolute Gasteiger partial charge is 0.228 e. The SMILES string of the molecule is CCN(Cc1ccco1)C(=O)C1CNc2ccccc2C1. The van der Waals surface area contributed by atoms with Crippen LogP contribution in [0.2, 0.25) is 0 Å². The highest BCUT2D eigenvalue weighted by atomic mass is 16.3. The van der Waals surface area contributed by atoms with Crippen molar-refractivity contribution in [3.63, 3.8) is 0 Å². The first-order valence-electron chi connectivity index (χ1n) is 7.41. The molecule has 0 fully saturated rings. The predicted molar refractivity (Wildman–Crippen MR) is 81.9 cm³/mol. The number of hydrogen-bond donors (Lipinski definition) is 1. The molecule has 1 unspecified atom stereocenters. The van der Waals surface area contributed by atoms with E-state index in [4.69, 9.17) is 4.42 Å². The molecule has 1 amide bonds. The van der Waals surface area contributed by atoms with E-state index in [1.54, 1.807) is 6.26 Å². The fraction of sp³-hybridized carbons (Fsp3) is 0.353. The highest BCUT2D eigenvalue weighted by Crippen LogP contribution is 2.25. The van der Waals surface area contributed by atoms with Gasteiger partial charge in [0.2, 0.25) is 5.91 Å². The third kappa shape index (κ3) is 2.94. The van der Waals surface area contributed by atoms with Gasteiger partial charge in [0.1, 0.15) is 5.76 Å². The minimum absolute atomic E-state index is 0.00480. The maximum atomic E-state index is 12.7. The summed E-state index contributed by atoms with van der Waals surface area (Å²) in [5, 5.41) is 3.36. The molecule has 1 N–H and O–H groups in total. The standard InChI is InChI=1S/C17H20N2O2/c1-2-19(12-15-7-5-9-21-15)17(20)14-10-13-6-3-4-8-16(13)18-11-14/h3-9,14,18H,2,10-12H2,1H3. The predicted octanol–water partition coefficient (Wildman–Crippen LogP) is 2.91. The number of rotatable bonds is 4. The maximum Gasteiger partial charge on any atom is 0.228 e. The lowest BCUT2D eigenvalue weighted by Crippen LogP contribution is -2.40. The van der Waals surface area contributed by atoms with Crippen LogP contribution in [0.5, 0.6) is 0 Å². The lowest BCUT2D eigenvalue weighted by molar-refractivity contribution is -0.135. The Bertz CT molecular complexity index is 607. The third-order valence-corrected chi connectivity index (χ3v) is 3.99. The van der Waals surface area contributed by atoms with Crippen molar-refractivity contribution >= 4 is 11.6 Å². The Hall–Kier alpha value is -2.23. The fourth-order valence-electron chi connectivity index (χ4n) is 2.81. The van der Waals surface area contributed by atoms with Crippen LogP contribution in [-0.2, 0) is 17.8 Å². The fourth-order valence-corrected chi connectivity index (χ4v) is 2.81. The van der Waals surface area contributed by atoms with Crippen LogP contribution < -0.4 is 5.32 Å². The first-order chi connectivity index (χ1) is 10.3. The minimum Gasteiger partial charge on any atom is -0.467 e. The van der Waals surface area contributed by atoms with Crippen molar-refractivity contribution in [3.8, 4) is 0 Å². The van der Waals surface area contributed by atoms with Crippen LogP contribution in [0.15, 0.2) is 47.1 Å². The van der Waals surface area contributed by atoms with Gasteiger partial charge in [0, 0.05) is 18.8 Å². The molecule has 0 aliphatic carbocycles. The molecule has 110 valence electrons. The van der Waals surface area contributed by atoms with E-state index in [0.29, 0.717) is 19.6 Å². The van der Waals surface area contributed by atoms with Crippen LogP contribution in [0, 0.1) is 5.92 Å². The number of carbonyl (C=O) groups is 1. The van der Waals surface area contributed by atoms with Crippen LogP contribution in [-0.4, -0.2) is 23.9 Å². The normalized spacial score (nSPS) is 16.9. The summed E-state index contributed by atoms with van der Waals surface area (Å²) >= 11 is 0. The van der Waals surface area contributed by atoms with Crippen molar-refractivity contribution in [2.24, 2.45) is 5.92 Å².